The van der Waals surface area contributed by atoms with Gasteiger partial charge < -0.3 is 0 Å². The molecule has 3 heteroatoms. The van der Waals surface area contributed by atoms with Gasteiger partial charge in [0.25, 0.3) is 0 Å². The van der Waals surface area contributed by atoms with Crippen molar-refractivity contribution in [2.45, 2.75) is 27.7 Å². The van der Waals surface area contributed by atoms with Crippen molar-refractivity contribution < 1.29 is 9.32 Å². The van der Waals surface area contributed by atoms with Crippen LogP contribution in [0.4, 0.5) is 0 Å². The average Bonchev–Trinajstić information content (AvgIpc) is 2.04. The molecule has 0 aliphatic heterocycles. The van der Waals surface area contributed by atoms with Crippen molar-refractivity contribution in [3.05, 3.63) is 0 Å². The van der Waals surface area contributed by atoms with E-state index in [1.807, 2.05) is 0 Å². The molecule has 0 bridgehead atoms. The van der Waals surface area contributed by atoms with E-state index >= 15 is 0 Å². The Morgan fingerprint density at radius 2 is 1.50 bits per heavy atom. The van der Waals surface area contributed by atoms with E-state index < -0.39 is 6.83 Å². The molecule has 0 N–H and O–H groups in total. The molecule has 0 saturated heterocycles. The van der Waals surface area contributed by atoms with Crippen LogP contribution in [-0.2, 0) is 9.32 Å². The molecule has 0 unspecified atom stereocenters. The quantitative estimate of drug-likeness (QED) is 0.640. The van der Waals surface area contributed by atoms with E-state index in [0.29, 0.717) is 0 Å². The third-order valence-electron chi connectivity index (χ3n) is 3.09. The Bertz CT molecular complexity index is 162. The summed E-state index contributed by atoms with van der Waals surface area (Å²) >= 11 is 0. The van der Waals surface area contributed by atoms with Crippen LogP contribution in [0.3, 0.4) is 0 Å². The minimum absolute atomic E-state index is 0.124. The predicted molar refractivity (Wildman–Crippen MR) is 56.2 cm³/mol. The maximum absolute atomic E-state index is 11.0. The van der Waals surface area contributed by atoms with Gasteiger partial charge in [-0.25, -0.2) is 0 Å². The molecule has 0 aromatic heterocycles. The van der Waals surface area contributed by atoms with Gasteiger partial charge in [0.2, 0.25) is 0 Å². The summed E-state index contributed by atoms with van der Waals surface area (Å²) in [6.07, 6.45) is 2.99. The number of carbonyl (C=O) groups is 1. The molecule has 0 fully saturated rings. The number of rotatable bonds is 4. The first kappa shape index (κ1) is 11.9. The van der Waals surface area contributed by atoms with E-state index in [2.05, 4.69) is 27.4 Å². The first-order valence-electron chi connectivity index (χ1n) is 4.61. The molecule has 74 valence electrons. The molecular weight excluding hydrogens is 171 g/mol. The Balaban J connectivity index is 4.69. The molecule has 0 aromatic rings. The number of carbonyl (C=O) groups excluding carboxylic acids is 1. The van der Waals surface area contributed by atoms with Gasteiger partial charge in [-0.05, 0) is 0 Å². The maximum atomic E-state index is 11.0. The molecule has 0 rings (SSSR count). The zero-order valence-electron chi connectivity index (χ0n) is 8.89. The Labute approximate surface area is 75.7 Å². The van der Waals surface area contributed by atoms with Crippen LogP contribution >= 0.6 is 6.83 Å². The van der Waals surface area contributed by atoms with Gasteiger partial charge in [-0.1, -0.05) is 0 Å². The Morgan fingerprint density at radius 3 is 1.58 bits per heavy atom. The zero-order chi connectivity index (χ0) is 9.85. The summed E-state index contributed by atoms with van der Waals surface area (Å²) in [4.78, 5) is 11.0. The molecule has 0 radical (unpaired) electrons. The Kier molecular flexibility index (Phi) is 3.71. The second kappa shape index (κ2) is 3.74. The fourth-order valence-electron chi connectivity index (χ4n) is 1.27. The van der Waals surface area contributed by atoms with E-state index in [1.165, 1.54) is 6.92 Å². The molecule has 0 aliphatic carbocycles. The summed E-state index contributed by atoms with van der Waals surface area (Å²) in [7, 11) is 0. The molecule has 2 nitrogen and oxygen atoms in total. The molecule has 12 heavy (non-hydrogen) atoms. The van der Waals surface area contributed by atoms with Crippen molar-refractivity contribution in [2.24, 2.45) is 0 Å². The summed E-state index contributed by atoms with van der Waals surface area (Å²) in [5.41, 5.74) is 0. The molecule has 0 amide bonds. The van der Waals surface area contributed by atoms with Gasteiger partial charge in [0.05, 0.1) is 0 Å². The van der Waals surface area contributed by atoms with Crippen molar-refractivity contribution in [2.75, 3.05) is 25.2 Å². The summed E-state index contributed by atoms with van der Waals surface area (Å²) < 4.78 is 5.56. The second-order valence-electron chi connectivity index (χ2n) is 3.72. The van der Waals surface area contributed by atoms with E-state index in [1.54, 1.807) is 0 Å². The summed E-state index contributed by atoms with van der Waals surface area (Å²) in [5.74, 6) is -0.124. The first-order chi connectivity index (χ1) is 5.40. The third-order valence-corrected chi connectivity index (χ3v) is 9.27. The van der Waals surface area contributed by atoms with Gasteiger partial charge in [-0.3, -0.25) is 0 Å². The van der Waals surface area contributed by atoms with Gasteiger partial charge in [-0.2, -0.15) is 0 Å². The van der Waals surface area contributed by atoms with Gasteiger partial charge >= 0.3 is 75.0 Å². The van der Waals surface area contributed by atoms with Crippen LogP contribution in [0.25, 0.3) is 0 Å². The van der Waals surface area contributed by atoms with Crippen LogP contribution in [-0.4, -0.2) is 31.1 Å². The molecule has 0 spiro atoms. The topological polar surface area (TPSA) is 26.3 Å². The Hall–Kier alpha value is -0.100. The first-order valence-corrected chi connectivity index (χ1v) is 7.76. The predicted octanol–water partition coefficient (Wildman–Crippen LogP) is 2.71. The van der Waals surface area contributed by atoms with E-state index in [9.17, 15) is 4.79 Å². The fourth-order valence-corrected chi connectivity index (χ4v) is 3.80. The van der Waals surface area contributed by atoms with Crippen LogP contribution < -0.4 is 0 Å². The van der Waals surface area contributed by atoms with Gasteiger partial charge in [-0.15, -0.1) is 0 Å². The Morgan fingerprint density at radius 1 is 1.17 bits per heavy atom. The van der Waals surface area contributed by atoms with Crippen LogP contribution in [0, 0.1) is 0 Å². The van der Waals surface area contributed by atoms with Gasteiger partial charge in [0, 0.05) is 0 Å². The van der Waals surface area contributed by atoms with E-state index in [-0.39, 0.29) is 5.97 Å². The van der Waals surface area contributed by atoms with Crippen molar-refractivity contribution >= 4 is 12.8 Å². The standard InChI is InChI=1S/C9H21O2P/c1-6-12(5,7-2,8-3)11-9(4)10/h6-8H2,1-5H3. The monoisotopic (exact) mass is 192 g/mol. The molecule has 0 heterocycles. The molecule has 0 atom stereocenters. The zero-order valence-corrected chi connectivity index (χ0v) is 9.78. The van der Waals surface area contributed by atoms with Crippen molar-refractivity contribution in [3.63, 3.8) is 0 Å². The summed E-state index contributed by atoms with van der Waals surface area (Å²) in [6, 6.07) is 0. The van der Waals surface area contributed by atoms with Crippen LogP contribution in [0.15, 0.2) is 0 Å². The normalized spacial score (nSPS) is 14.9. The SMILES string of the molecule is CCP(C)(CC)(CC)OC(C)=O. The van der Waals surface area contributed by atoms with Gasteiger partial charge in [0.1, 0.15) is 0 Å². The van der Waals surface area contributed by atoms with E-state index in [0.717, 1.165) is 18.5 Å². The number of hydrogen-bond acceptors (Lipinski definition) is 2. The summed E-state index contributed by atoms with van der Waals surface area (Å²) in [6.45, 7) is 7.92. The fraction of sp³-hybridized carbons (Fsp3) is 0.889. The average molecular weight is 192 g/mol. The van der Waals surface area contributed by atoms with Crippen molar-refractivity contribution in [1.29, 1.82) is 0 Å². The van der Waals surface area contributed by atoms with Crippen LogP contribution in [0.2, 0.25) is 0 Å². The molecule has 0 aliphatic rings. The second-order valence-corrected chi connectivity index (χ2v) is 10.2. The van der Waals surface area contributed by atoms with Gasteiger partial charge in [0.15, 0.2) is 0 Å². The third kappa shape index (κ3) is 2.45. The molecular formula is C9H21O2P. The van der Waals surface area contributed by atoms with Crippen molar-refractivity contribution in [1.82, 2.24) is 0 Å². The summed E-state index contributed by atoms with van der Waals surface area (Å²) in [5, 5.41) is 0. The molecule has 0 aromatic carbocycles. The van der Waals surface area contributed by atoms with E-state index in [4.69, 9.17) is 4.52 Å². The molecule has 0 saturated carbocycles. The van der Waals surface area contributed by atoms with Crippen LogP contribution in [0.5, 0.6) is 0 Å². The number of hydrogen-bond donors (Lipinski definition) is 0. The minimum atomic E-state index is -2.10. The van der Waals surface area contributed by atoms with Crippen LogP contribution in [0.1, 0.15) is 27.7 Å². The van der Waals surface area contributed by atoms with Crippen molar-refractivity contribution in [3.8, 4) is 0 Å².